The Balaban J connectivity index is 1.74. The van der Waals surface area contributed by atoms with Crippen LogP contribution in [0.25, 0.3) is 0 Å². The second-order valence-electron chi connectivity index (χ2n) is 7.90. The van der Waals surface area contributed by atoms with E-state index < -0.39 is 28.6 Å². The number of rotatable bonds is 10. The van der Waals surface area contributed by atoms with Crippen LogP contribution in [0.1, 0.15) is 43.0 Å². The molecule has 0 saturated heterocycles. The number of nitro groups is 1. The quantitative estimate of drug-likeness (QED) is 0.242. The SMILES string of the molecule is CCn1c(SCC(=O)Nc2ccccc2F)nnc1[C@H](NC(=O)c1cccc([N+](=O)[O-])c1)C(C)C. The van der Waals surface area contributed by atoms with Gasteiger partial charge in [0.1, 0.15) is 5.82 Å². The summed E-state index contributed by atoms with van der Waals surface area (Å²) in [6.07, 6.45) is 0. The molecule has 2 N–H and O–H groups in total. The van der Waals surface area contributed by atoms with Crippen LogP contribution >= 0.6 is 11.8 Å². The first-order chi connectivity index (χ1) is 16.7. The number of carbonyl (C=O) groups is 2. The molecule has 3 rings (SSSR count). The number of para-hydroxylation sites is 1. The number of halogens is 1. The van der Waals surface area contributed by atoms with Gasteiger partial charge in [-0.25, -0.2) is 4.39 Å². The summed E-state index contributed by atoms with van der Waals surface area (Å²) in [6, 6.07) is 10.8. The van der Waals surface area contributed by atoms with Gasteiger partial charge in [-0.05, 0) is 31.0 Å². The molecule has 0 spiro atoms. The summed E-state index contributed by atoms with van der Waals surface area (Å²) in [5.41, 5.74) is 0.0779. The molecule has 0 radical (unpaired) electrons. The van der Waals surface area contributed by atoms with Crippen LogP contribution in [0.2, 0.25) is 0 Å². The van der Waals surface area contributed by atoms with Crippen molar-refractivity contribution in [2.24, 2.45) is 5.92 Å². The summed E-state index contributed by atoms with van der Waals surface area (Å²) in [5, 5.41) is 25.4. The first-order valence-electron chi connectivity index (χ1n) is 10.9. The number of anilines is 1. The Hall–Kier alpha value is -3.80. The van der Waals surface area contributed by atoms with Crippen LogP contribution < -0.4 is 10.6 Å². The van der Waals surface area contributed by atoms with Crippen LogP contribution in [0, 0.1) is 21.8 Å². The van der Waals surface area contributed by atoms with Gasteiger partial charge in [0.15, 0.2) is 11.0 Å². The van der Waals surface area contributed by atoms with E-state index in [9.17, 15) is 24.1 Å². The third kappa shape index (κ3) is 6.41. The third-order valence-corrected chi connectivity index (χ3v) is 6.06. The number of benzene rings is 2. The van der Waals surface area contributed by atoms with E-state index in [1.54, 1.807) is 10.6 Å². The molecule has 12 heteroatoms. The highest BCUT2D eigenvalue weighted by atomic mass is 32.2. The predicted molar refractivity (Wildman–Crippen MR) is 130 cm³/mol. The summed E-state index contributed by atoms with van der Waals surface area (Å²) in [6.45, 7) is 6.18. The molecule has 0 fully saturated rings. The third-order valence-electron chi connectivity index (χ3n) is 5.09. The van der Waals surface area contributed by atoms with Crippen molar-refractivity contribution in [3.8, 4) is 0 Å². The number of non-ortho nitro benzene ring substituents is 1. The van der Waals surface area contributed by atoms with Crippen LogP contribution in [-0.4, -0.2) is 37.3 Å². The minimum atomic E-state index is -0.559. The molecule has 0 saturated carbocycles. The van der Waals surface area contributed by atoms with E-state index in [1.165, 1.54) is 42.5 Å². The van der Waals surface area contributed by atoms with E-state index in [1.807, 2.05) is 20.8 Å². The highest BCUT2D eigenvalue weighted by molar-refractivity contribution is 7.99. The van der Waals surface area contributed by atoms with Crippen molar-refractivity contribution in [3.63, 3.8) is 0 Å². The van der Waals surface area contributed by atoms with Crippen LogP contribution in [0.5, 0.6) is 0 Å². The average molecular weight is 501 g/mol. The molecular formula is C23H25FN6O4S. The zero-order valence-electron chi connectivity index (χ0n) is 19.4. The largest absolute Gasteiger partial charge is 0.342 e. The Kier molecular flexibility index (Phi) is 8.53. The van der Waals surface area contributed by atoms with E-state index >= 15 is 0 Å². The van der Waals surface area contributed by atoms with Crippen LogP contribution in [0.4, 0.5) is 15.8 Å². The van der Waals surface area contributed by atoms with Crippen molar-refractivity contribution in [2.75, 3.05) is 11.1 Å². The molecule has 0 unspecified atom stereocenters. The average Bonchev–Trinajstić information content (AvgIpc) is 3.24. The Morgan fingerprint density at radius 1 is 1.17 bits per heavy atom. The number of nitro benzene ring substituents is 1. The fourth-order valence-corrected chi connectivity index (χ4v) is 4.14. The van der Waals surface area contributed by atoms with Crippen LogP contribution in [0.15, 0.2) is 53.7 Å². The van der Waals surface area contributed by atoms with Crippen molar-refractivity contribution in [3.05, 3.63) is 75.9 Å². The highest BCUT2D eigenvalue weighted by Crippen LogP contribution is 2.26. The lowest BCUT2D eigenvalue weighted by Gasteiger charge is -2.22. The van der Waals surface area contributed by atoms with Crippen LogP contribution in [0.3, 0.4) is 0 Å². The summed E-state index contributed by atoms with van der Waals surface area (Å²) in [4.78, 5) is 35.6. The molecule has 0 aliphatic carbocycles. The van der Waals surface area contributed by atoms with Crippen molar-refractivity contribution in [2.45, 2.75) is 38.5 Å². The number of hydrogen-bond acceptors (Lipinski definition) is 7. The minimum Gasteiger partial charge on any atom is -0.342 e. The number of thioether (sulfide) groups is 1. The summed E-state index contributed by atoms with van der Waals surface area (Å²) in [7, 11) is 0. The van der Waals surface area contributed by atoms with Crippen molar-refractivity contribution < 1.29 is 18.9 Å². The summed E-state index contributed by atoms with van der Waals surface area (Å²) >= 11 is 1.14. The first kappa shape index (κ1) is 25.8. The predicted octanol–water partition coefficient (Wildman–Crippen LogP) is 4.20. The highest BCUT2D eigenvalue weighted by Gasteiger charge is 2.26. The molecule has 10 nitrogen and oxygen atoms in total. The van der Waals surface area contributed by atoms with Gasteiger partial charge in [0.05, 0.1) is 22.4 Å². The van der Waals surface area contributed by atoms with E-state index in [4.69, 9.17) is 0 Å². The fraction of sp³-hybridized carbons (Fsp3) is 0.304. The van der Waals surface area contributed by atoms with Gasteiger partial charge >= 0.3 is 0 Å². The van der Waals surface area contributed by atoms with Gasteiger partial charge in [-0.3, -0.25) is 19.7 Å². The number of nitrogens with one attached hydrogen (secondary N) is 2. The molecule has 1 aromatic heterocycles. The maximum atomic E-state index is 13.8. The maximum Gasteiger partial charge on any atom is 0.270 e. The van der Waals surface area contributed by atoms with E-state index in [0.717, 1.165) is 11.8 Å². The number of nitrogens with zero attached hydrogens (tertiary/aromatic N) is 4. The molecule has 3 aromatic rings. The normalized spacial score (nSPS) is 11.8. The van der Waals surface area contributed by atoms with E-state index in [-0.39, 0.29) is 28.6 Å². The Morgan fingerprint density at radius 3 is 2.57 bits per heavy atom. The van der Waals surface area contributed by atoms with Crippen molar-refractivity contribution >= 4 is 35.0 Å². The van der Waals surface area contributed by atoms with Gasteiger partial charge in [-0.1, -0.05) is 43.8 Å². The maximum absolute atomic E-state index is 13.8. The number of amides is 2. The number of aromatic nitrogens is 3. The van der Waals surface area contributed by atoms with Gasteiger partial charge in [-0.15, -0.1) is 10.2 Å². The molecular weight excluding hydrogens is 475 g/mol. The smallest absolute Gasteiger partial charge is 0.270 e. The lowest BCUT2D eigenvalue weighted by Crippen LogP contribution is -2.33. The monoisotopic (exact) mass is 500 g/mol. The zero-order valence-corrected chi connectivity index (χ0v) is 20.2. The first-order valence-corrected chi connectivity index (χ1v) is 11.8. The lowest BCUT2D eigenvalue weighted by atomic mass is 10.0. The fourth-order valence-electron chi connectivity index (χ4n) is 3.33. The molecule has 1 atom stereocenters. The lowest BCUT2D eigenvalue weighted by molar-refractivity contribution is -0.384. The van der Waals surface area contributed by atoms with E-state index in [2.05, 4.69) is 20.8 Å². The van der Waals surface area contributed by atoms with Gasteiger partial charge in [0.25, 0.3) is 11.6 Å². The summed E-state index contributed by atoms with van der Waals surface area (Å²) in [5.74, 6) is -0.987. The Morgan fingerprint density at radius 2 is 1.91 bits per heavy atom. The second kappa shape index (κ2) is 11.6. The summed E-state index contributed by atoms with van der Waals surface area (Å²) < 4.78 is 15.6. The standard InChI is InChI=1S/C23H25FN6O4S/c1-4-29-21(20(14(2)3)26-22(32)15-8-7-9-16(12-15)30(33)34)27-28-23(29)35-13-19(31)25-18-11-6-5-10-17(18)24/h5-12,14,20H,4,13H2,1-3H3,(H,25,31)(H,26,32)/t20-/m1/s1. The van der Waals surface area contributed by atoms with Crippen molar-refractivity contribution in [1.29, 1.82) is 0 Å². The Labute approximate surface area is 205 Å². The van der Waals surface area contributed by atoms with Crippen LogP contribution in [-0.2, 0) is 11.3 Å². The molecule has 184 valence electrons. The van der Waals surface area contributed by atoms with Gasteiger partial charge < -0.3 is 15.2 Å². The molecule has 1 heterocycles. The molecule has 0 bridgehead atoms. The number of hydrogen-bond donors (Lipinski definition) is 2. The van der Waals surface area contributed by atoms with Crippen molar-refractivity contribution in [1.82, 2.24) is 20.1 Å². The Bertz CT molecular complexity index is 1230. The van der Waals surface area contributed by atoms with E-state index in [0.29, 0.717) is 17.5 Å². The minimum absolute atomic E-state index is 0.0150. The molecule has 0 aliphatic heterocycles. The molecule has 2 aromatic carbocycles. The number of carbonyl (C=O) groups excluding carboxylic acids is 2. The molecule has 2 amide bonds. The van der Waals surface area contributed by atoms with Gasteiger partial charge in [-0.2, -0.15) is 0 Å². The topological polar surface area (TPSA) is 132 Å². The zero-order chi connectivity index (χ0) is 25.5. The molecule has 35 heavy (non-hydrogen) atoms. The van der Waals surface area contributed by atoms with Gasteiger partial charge in [0, 0.05) is 24.2 Å². The molecule has 0 aliphatic rings. The second-order valence-corrected chi connectivity index (χ2v) is 8.85. The van der Waals surface area contributed by atoms with Gasteiger partial charge in [0.2, 0.25) is 5.91 Å².